The molecule has 0 radical (unpaired) electrons. The molecule has 2 N–H and O–H groups in total. The van der Waals surface area contributed by atoms with Crippen molar-refractivity contribution in [1.29, 1.82) is 0 Å². The molecule has 0 atom stereocenters. The van der Waals surface area contributed by atoms with Crippen molar-refractivity contribution < 1.29 is 18.7 Å². The number of carbonyl (C=O) groups excluding carboxylic acids is 2. The highest BCUT2D eigenvalue weighted by atomic mass is 19.1. The van der Waals surface area contributed by atoms with Gasteiger partial charge in [-0.05, 0) is 48.0 Å². The Bertz CT molecular complexity index is 742. The van der Waals surface area contributed by atoms with E-state index >= 15 is 0 Å². The largest absolute Gasteiger partial charge is 0.375 e. The van der Waals surface area contributed by atoms with Crippen LogP contribution in [0.25, 0.3) is 6.08 Å². The number of benzene rings is 2. The van der Waals surface area contributed by atoms with Crippen molar-refractivity contribution in [2.45, 2.75) is 0 Å². The number of rotatable bonds is 6. The standard InChI is InChI=1S/C18H17FN2O3/c1-24-12-18(23)21-16-8-6-15(7-9-16)20-17(22)10-5-13-3-2-4-14(19)11-13/h2-11H,12H2,1H3,(H,20,22)(H,21,23)/b10-5+. The molecule has 0 heterocycles. The number of hydrogen-bond donors (Lipinski definition) is 2. The zero-order chi connectivity index (χ0) is 17.4. The molecule has 0 aliphatic rings. The third kappa shape index (κ3) is 5.66. The van der Waals surface area contributed by atoms with Gasteiger partial charge < -0.3 is 15.4 Å². The van der Waals surface area contributed by atoms with Gasteiger partial charge in [0.05, 0.1) is 0 Å². The summed E-state index contributed by atoms with van der Waals surface area (Å²) in [6, 6.07) is 12.6. The highest BCUT2D eigenvalue weighted by Gasteiger charge is 2.02. The van der Waals surface area contributed by atoms with Gasteiger partial charge in [-0.2, -0.15) is 0 Å². The van der Waals surface area contributed by atoms with Crippen LogP contribution in [0, 0.1) is 5.82 Å². The highest BCUT2D eigenvalue weighted by Crippen LogP contribution is 2.14. The van der Waals surface area contributed by atoms with Gasteiger partial charge in [0.25, 0.3) is 0 Å². The maximum absolute atomic E-state index is 13.0. The lowest BCUT2D eigenvalue weighted by molar-refractivity contribution is -0.119. The van der Waals surface area contributed by atoms with Crippen LogP contribution in [-0.4, -0.2) is 25.5 Å². The van der Waals surface area contributed by atoms with Crippen LogP contribution in [0.4, 0.5) is 15.8 Å². The first kappa shape index (κ1) is 17.4. The van der Waals surface area contributed by atoms with Gasteiger partial charge in [0, 0.05) is 24.6 Å². The van der Waals surface area contributed by atoms with Crippen LogP contribution in [0.5, 0.6) is 0 Å². The summed E-state index contributed by atoms with van der Waals surface area (Å²) in [6.45, 7) is -0.0244. The maximum atomic E-state index is 13.0. The summed E-state index contributed by atoms with van der Waals surface area (Å²) in [7, 11) is 1.44. The van der Waals surface area contributed by atoms with E-state index in [0.717, 1.165) is 0 Å². The van der Waals surface area contributed by atoms with E-state index in [0.29, 0.717) is 16.9 Å². The van der Waals surface area contributed by atoms with Crippen molar-refractivity contribution in [2.24, 2.45) is 0 Å². The minimum absolute atomic E-state index is 0.0244. The fraction of sp³-hybridized carbons (Fsp3) is 0.111. The highest BCUT2D eigenvalue weighted by molar-refractivity contribution is 6.02. The van der Waals surface area contributed by atoms with Gasteiger partial charge in [-0.1, -0.05) is 12.1 Å². The number of anilines is 2. The Morgan fingerprint density at radius 1 is 1.08 bits per heavy atom. The first-order valence-corrected chi connectivity index (χ1v) is 7.20. The van der Waals surface area contributed by atoms with Crippen molar-refractivity contribution >= 4 is 29.3 Å². The van der Waals surface area contributed by atoms with E-state index in [-0.39, 0.29) is 24.2 Å². The van der Waals surface area contributed by atoms with Gasteiger partial charge in [-0.3, -0.25) is 9.59 Å². The van der Waals surface area contributed by atoms with Crippen LogP contribution in [0.1, 0.15) is 5.56 Å². The molecule has 0 bridgehead atoms. The van der Waals surface area contributed by atoms with Crippen molar-refractivity contribution in [1.82, 2.24) is 0 Å². The average Bonchev–Trinajstić information content (AvgIpc) is 2.55. The Morgan fingerprint density at radius 2 is 1.75 bits per heavy atom. The lowest BCUT2D eigenvalue weighted by atomic mass is 10.2. The second-order valence-corrected chi connectivity index (χ2v) is 4.94. The van der Waals surface area contributed by atoms with Crippen LogP contribution in [0.2, 0.25) is 0 Å². The van der Waals surface area contributed by atoms with Crippen molar-refractivity contribution in [3.63, 3.8) is 0 Å². The third-order valence-electron chi connectivity index (χ3n) is 2.99. The molecule has 2 aromatic carbocycles. The fourth-order valence-corrected chi connectivity index (χ4v) is 1.93. The summed E-state index contributed by atoms with van der Waals surface area (Å²) in [6.07, 6.45) is 2.85. The Hall–Kier alpha value is -2.99. The van der Waals surface area contributed by atoms with Gasteiger partial charge in [0.1, 0.15) is 12.4 Å². The molecule has 0 unspecified atom stereocenters. The van der Waals surface area contributed by atoms with Crippen LogP contribution in [0.15, 0.2) is 54.6 Å². The summed E-state index contributed by atoms with van der Waals surface area (Å²) in [5.74, 6) is -0.952. The summed E-state index contributed by atoms with van der Waals surface area (Å²) >= 11 is 0. The summed E-state index contributed by atoms with van der Waals surface area (Å²) in [5, 5.41) is 5.32. The maximum Gasteiger partial charge on any atom is 0.250 e. The Morgan fingerprint density at radius 3 is 2.38 bits per heavy atom. The molecule has 124 valence electrons. The molecule has 0 aliphatic heterocycles. The van der Waals surface area contributed by atoms with Gasteiger partial charge in [0.2, 0.25) is 11.8 Å². The molecule has 6 heteroatoms. The molecule has 24 heavy (non-hydrogen) atoms. The monoisotopic (exact) mass is 328 g/mol. The molecule has 2 amide bonds. The first-order chi connectivity index (χ1) is 11.6. The topological polar surface area (TPSA) is 67.4 Å². The van der Waals surface area contributed by atoms with Crippen molar-refractivity contribution in [2.75, 3.05) is 24.4 Å². The van der Waals surface area contributed by atoms with Crippen LogP contribution >= 0.6 is 0 Å². The average molecular weight is 328 g/mol. The number of nitrogens with one attached hydrogen (secondary N) is 2. The molecular weight excluding hydrogens is 311 g/mol. The molecule has 0 aliphatic carbocycles. The second kappa shape index (κ2) is 8.59. The lowest BCUT2D eigenvalue weighted by Gasteiger charge is -2.06. The molecule has 5 nitrogen and oxygen atoms in total. The smallest absolute Gasteiger partial charge is 0.250 e. The summed E-state index contributed by atoms with van der Waals surface area (Å²) < 4.78 is 17.8. The molecule has 0 spiro atoms. The molecule has 2 aromatic rings. The fourth-order valence-electron chi connectivity index (χ4n) is 1.93. The first-order valence-electron chi connectivity index (χ1n) is 7.20. The Labute approximate surface area is 139 Å². The minimum Gasteiger partial charge on any atom is -0.375 e. The Balaban J connectivity index is 1.91. The van der Waals surface area contributed by atoms with Crippen LogP contribution in [-0.2, 0) is 14.3 Å². The van der Waals surface area contributed by atoms with Crippen molar-refractivity contribution in [3.05, 3.63) is 66.0 Å². The number of carbonyl (C=O) groups is 2. The zero-order valence-electron chi connectivity index (χ0n) is 13.1. The zero-order valence-corrected chi connectivity index (χ0v) is 13.1. The minimum atomic E-state index is -0.358. The molecule has 0 aromatic heterocycles. The summed E-state index contributed by atoms with van der Waals surface area (Å²) in [5.41, 5.74) is 1.78. The quantitative estimate of drug-likeness (QED) is 0.801. The van der Waals surface area contributed by atoms with Crippen LogP contribution in [0.3, 0.4) is 0 Å². The van der Waals surface area contributed by atoms with E-state index in [1.807, 2.05) is 0 Å². The van der Waals surface area contributed by atoms with Crippen LogP contribution < -0.4 is 10.6 Å². The molecule has 2 rings (SSSR count). The van der Waals surface area contributed by atoms with Gasteiger partial charge in [-0.15, -0.1) is 0 Å². The molecular formula is C18H17FN2O3. The number of ether oxygens (including phenoxy) is 1. The lowest BCUT2D eigenvalue weighted by Crippen LogP contribution is -2.17. The van der Waals surface area contributed by atoms with E-state index < -0.39 is 0 Å². The number of halogens is 1. The predicted molar refractivity (Wildman–Crippen MR) is 91.0 cm³/mol. The van der Waals surface area contributed by atoms with Gasteiger partial charge in [-0.25, -0.2) is 4.39 Å². The van der Waals surface area contributed by atoms with Crippen molar-refractivity contribution in [3.8, 4) is 0 Å². The predicted octanol–water partition coefficient (Wildman–Crippen LogP) is 3.06. The molecule has 0 saturated carbocycles. The Kier molecular flexibility index (Phi) is 6.22. The van der Waals surface area contributed by atoms with E-state index in [4.69, 9.17) is 4.74 Å². The second-order valence-electron chi connectivity index (χ2n) is 4.94. The van der Waals surface area contributed by atoms with E-state index in [1.54, 1.807) is 36.4 Å². The normalized spacial score (nSPS) is 10.6. The number of amides is 2. The molecule has 0 saturated heterocycles. The summed E-state index contributed by atoms with van der Waals surface area (Å²) in [4.78, 5) is 23.2. The SMILES string of the molecule is COCC(=O)Nc1ccc(NC(=O)/C=C/c2cccc(F)c2)cc1. The number of hydrogen-bond acceptors (Lipinski definition) is 3. The third-order valence-corrected chi connectivity index (χ3v) is 2.99. The van der Waals surface area contributed by atoms with E-state index in [1.165, 1.54) is 31.4 Å². The van der Waals surface area contributed by atoms with Gasteiger partial charge >= 0.3 is 0 Å². The molecule has 0 fully saturated rings. The number of methoxy groups -OCH3 is 1. The van der Waals surface area contributed by atoms with E-state index in [2.05, 4.69) is 10.6 Å². The van der Waals surface area contributed by atoms with Gasteiger partial charge in [0.15, 0.2) is 0 Å². The van der Waals surface area contributed by atoms with E-state index in [9.17, 15) is 14.0 Å².